The van der Waals surface area contributed by atoms with Gasteiger partial charge in [0.2, 0.25) is 5.91 Å². The molecule has 3 atom stereocenters. The molecule has 1 aliphatic rings. The maximum Gasteiger partial charge on any atom is 0.254 e. The smallest absolute Gasteiger partial charge is 0.254 e. The molecule has 0 bridgehead atoms. The molecule has 0 radical (unpaired) electrons. The van der Waals surface area contributed by atoms with Crippen molar-refractivity contribution in [2.24, 2.45) is 0 Å². The number of benzene rings is 1. The molecule has 0 spiro atoms. The number of aliphatic hydroxyl groups excluding tert-OH is 1. The average Bonchev–Trinajstić information content (AvgIpc) is 2.75. The van der Waals surface area contributed by atoms with Crippen molar-refractivity contribution in [1.82, 2.24) is 15.6 Å². The monoisotopic (exact) mass is 415 g/mol. The summed E-state index contributed by atoms with van der Waals surface area (Å²) in [6.45, 7) is 0.186. The second-order valence-corrected chi connectivity index (χ2v) is 7.25. The van der Waals surface area contributed by atoms with Crippen molar-refractivity contribution in [2.45, 2.75) is 43.9 Å². The molecule has 2 heterocycles. The molecule has 2 amide bonds. The van der Waals surface area contributed by atoms with Crippen molar-refractivity contribution in [3.8, 4) is 0 Å². The number of carbonyl (C=O) groups is 2. The van der Waals surface area contributed by atoms with Gasteiger partial charge >= 0.3 is 0 Å². The normalized spacial score (nSPS) is 21.1. The van der Waals surface area contributed by atoms with Crippen LogP contribution in [0.2, 0.25) is 0 Å². The van der Waals surface area contributed by atoms with E-state index >= 15 is 0 Å². The SMILES string of the molecule is O=C(Cc1ccccn1)NCC[C@H]1CC[C@H](NC(=O)c2ccccc2F)[C@@H](CO)O1. The first kappa shape index (κ1) is 21.9. The van der Waals surface area contributed by atoms with E-state index < -0.39 is 23.9 Å². The quantitative estimate of drug-likeness (QED) is 0.608. The summed E-state index contributed by atoms with van der Waals surface area (Å²) in [5.74, 6) is -1.23. The average molecular weight is 415 g/mol. The van der Waals surface area contributed by atoms with E-state index in [0.29, 0.717) is 31.5 Å². The lowest BCUT2D eigenvalue weighted by atomic mass is 9.96. The summed E-state index contributed by atoms with van der Waals surface area (Å²) in [6.07, 6.45) is 3.00. The molecule has 1 aromatic carbocycles. The summed E-state index contributed by atoms with van der Waals surface area (Å²) in [4.78, 5) is 28.5. The Labute approximate surface area is 174 Å². The highest BCUT2D eigenvalue weighted by molar-refractivity contribution is 5.94. The zero-order chi connectivity index (χ0) is 21.3. The predicted molar refractivity (Wildman–Crippen MR) is 108 cm³/mol. The number of aliphatic hydroxyl groups is 1. The van der Waals surface area contributed by atoms with Crippen LogP contribution in [0.4, 0.5) is 4.39 Å². The zero-order valence-corrected chi connectivity index (χ0v) is 16.6. The Morgan fingerprint density at radius 1 is 1.17 bits per heavy atom. The zero-order valence-electron chi connectivity index (χ0n) is 16.6. The molecule has 1 aliphatic heterocycles. The summed E-state index contributed by atoms with van der Waals surface area (Å²) < 4.78 is 19.7. The molecule has 0 saturated carbocycles. The third kappa shape index (κ3) is 6.08. The molecule has 0 aliphatic carbocycles. The lowest BCUT2D eigenvalue weighted by Crippen LogP contribution is -2.51. The fourth-order valence-electron chi connectivity index (χ4n) is 3.50. The Bertz CT molecular complexity index is 849. The van der Waals surface area contributed by atoms with Gasteiger partial charge in [0.15, 0.2) is 0 Å². The maximum atomic E-state index is 13.8. The Kier molecular flexibility index (Phi) is 7.87. The standard InChI is InChI=1S/C22H26FN3O4/c23-18-7-2-1-6-17(18)22(29)26-19-9-8-16(30-20(19)14-27)10-12-25-21(28)13-15-5-3-4-11-24-15/h1-7,11,16,19-20,27H,8-10,12-14H2,(H,25,28)(H,26,29)/t16-,19+,20-/m1/s1. The molecule has 3 rings (SSSR count). The van der Waals surface area contributed by atoms with Gasteiger partial charge in [0, 0.05) is 18.4 Å². The highest BCUT2D eigenvalue weighted by Gasteiger charge is 2.32. The van der Waals surface area contributed by atoms with Gasteiger partial charge in [-0.1, -0.05) is 18.2 Å². The van der Waals surface area contributed by atoms with E-state index in [0.717, 1.165) is 0 Å². The highest BCUT2D eigenvalue weighted by Crippen LogP contribution is 2.22. The van der Waals surface area contributed by atoms with E-state index in [4.69, 9.17) is 4.74 Å². The minimum Gasteiger partial charge on any atom is -0.394 e. The van der Waals surface area contributed by atoms with Gasteiger partial charge in [0.1, 0.15) is 11.9 Å². The van der Waals surface area contributed by atoms with Crippen LogP contribution in [0.3, 0.4) is 0 Å². The second kappa shape index (κ2) is 10.8. The van der Waals surface area contributed by atoms with E-state index in [1.54, 1.807) is 24.4 Å². The van der Waals surface area contributed by atoms with Crippen LogP contribution >= 0.6 is 0 Å². The molecular weight excluding hydrogens is 389 g/mol. The van der Waals surface area contributed by atoms with Gasteiger partial charge in [0.05, 0.1) is 30.7 Å². The van der Waals surface area contributed by atoms with Gasteiger partial charge in [-0.2, -0.15) is 0 Å². The third-order valence-corrected chi connectivity index (χ3v) is 5.09. The summed E-state index contributed by atoms with van der Waals surface area (Å²) in [5.41, 5.74) is 0.671. The van der Waals surface area contributed by atoms with Crippen molar-refractivity contribution >= 4 is 11.8 Å². The summed E-state index contributed by atoms with van der Waals surface area (Å²) in [5, 5.41) is 15.3. The first-order valence-corrected chi connectivity index (χ1v) is 10.0. The van der Waals surface area contributed by atoms with E-state index in [-0.39, 0.29) is 30.6 Å². The lowest BCUT2D eigenvalue weighted by Gasteiger charge is -2.36. The summed E-state index contributed by atoms with van der Waals surface area (Å²) >= 11 is 0. The molecule has 8 heteroatoms. The van der Waals surface area contributed by atoms with Crippen molar-refractivity contribution in [2.75, 3.05) is 13.2 Å². The number of pyridine rings is 1. The Morgan fingerprint density at radius 2 is 1.97 bits per heavy atom. The molecule has 1 fully saturated rings. The number of amides is 2. The van der Waals surface area contributed by atoms with Gasteiger partial charge in [-0.3, -0.25) is 14.6 Å². The minimum absolute atomic E-state index is 0.0352. The number of ether oxygens (including phenoxy) is 1. The number of rotatable bonds is 8. The molecule has 30 heavy (non-hydrogen) atoms. The first-order chi connectivity index (χ1) is 14.6. The molecule has 1 saturated heterocycles. The van der Waals surface area contributed by atoms with E-state index in [2.05, 4.69) is 15.6 Å². The topological polar surface area (TPSA) is 101 Å². The minimum atomic E-state index is -0.591. The Hall–Kier alpha value is -2.84. The van der Waals surface area contributed by atoms with Gasteiger partial charge < -0.3 is 20.5 Å². The molecule has 160 valence electrons. The Morgan fingerprint density at radius 3 is 2.70 bits per heavy atom. The molecule has 2 aromatic rings. The third-order valence-electron chi connectivity index (χ3n) is 5.09. The van der Waals surface area contributed by atoms with Crippen molar-refractivity contribution in [1.29, 1.82) is 0 Å². The van der Waals surface area contributed by atoms with Crippen LogP contribution in [0.15, 0.2) is 48.7 Å². The van der Waals surface area contributed by atoms with E-state index in [1.807, 2.05) is 6.07 Å². The van der Waals surface area contributed by atoms with Crippen molar-refractivity contribution in [3.63, 3.8) is 0 Å². The van der Waals surface area contributed by atoms with Crippen LogP contribution in [0, 0.1) is 5.82 Å². The van der Waals surface area contributed by atoms with Crippen LogP contribution < -0.4 is 10.6 Å². The lowest BCUT2D eigenvalue weighted by molar-refractivity contribution is -0.121. The number of hydrogen-bond acceptors (Lipinski definition) is 5. The number of aromatic nitrogens is 1. The number of nitrogens with zero attached hydrogens (tertiary/aromatic N) is 1. The molecular formula is C22H26FN3O4. The number of carbonyl (C=O) groups excluding carboxylic acids is 2. The molecule has 7 nitrogen and oxygen atoms in total. The van der Waals surface area contributed by atoms with Gasteiger partial charge in [-0.15, -0.1) is 0 Å². The highest BCUT2D eigenvalue weighted by atomic mass is 19.1. The van der Waals surface area contributed by atoms with Gasteiger partial charge in [0.25, 0.3) is 5.91 Å². The number of nitrogens with one attached hydrogen (secondary N) is 2. The number of halogens is 1. The fourth-order valence-corrected chi connectivity index (χ4v) is 3.50. The largest absolute Gasteiger partial charge is 0.394 e. The predicted octanol–water partition coefficient (Wildman–Crippen LogP) is 1.61. The maximum absolute atomic E-state index is 13.8. The summed E-state index contributed by atoms with van der Waals surface area (Å²) in [6, 6.07) is 10.8. The summed E-state index contributed by atoms with van der Waals surface area (Å²) in [7, 11) is 0. The van der Waals surface area contributed by atoms with Gasteiger partial charge in [-0.05, 0) is 43.5 Å². The van der Waals surface area contributed by atoms with Crippen molar-refractivity contribution < 1.29 is 23.8 Å². The van der Waals surface area contributed by atoms with Gasteiger partial charge in [-0.25, -0.2) is 4.39 Å². The molecule has 0 unspecified atom stereocenters. The Balaban J connectivity index is 1.43. The van der Waals surface area contributed by atoms with E-state index in [1.165, 1.54) is 18.2 Å². The molecule has 1 aromatic heterocycles. The van der Waals surface area contributed by atoms with Crippen LogP contribution in [0.5, 0.6) is 0 Å². The van der Waals surface area contributed by atoms with Crippen LogP contribution in [-0.2, 0) is 16.0 Å². The van der Waals surface area contributed by atoms with Crippen LogP contribution in [-0.4, -0.2) is 53.3 Å². The van der Waals surface area contributed by atoms with Crippen LogP contribution in [0.1, 0.15) is 35.3 Å². The van der Waals surface area contributed by atoms with E-state index in [9.17, 15) is 19.1 Å². The first-order valence-electron chi connectivity index (χ1n) is 10.0. The van der Waals surface area contributed by atoms with Crippen molar-refractivity contribution in [3.05, 3.63) is 65.7 Å². The molecule has 3 N–H and O–H groups in total. The fraction of sp³-hybridized carbons (Fsp3) is 0.409. The van der Waals surface area contributed by atoms with Crippen LogP contribution in [0.25, 0.3) is 0 Å². The second-order valence-electron chi connectivity index (χ2n) is 7.25. The number of hydrogen-bond donors (Lipinski definition) is 3.